The Kier molecular flexibility index (Phi) is 4.65. The molecule has 1 aliphatic rings. The molecule has 0 radical (unpaired) electrons. The van der Waals surface area contributed by atoms with E-state index in [1.165, 1.54) is 18.6 Å². The van der Waals surface area contributed by atoms with Gasteiger partial charge < -0.3 is 14.6 Å². The summed E-state index contributed by atoms with van der Waals surface area (Å²) in [6.45, 7) is 3.81. The number of amides is 1. The highest BCUT2D eigenvalue weighted by Gasteiger charge is 2.18. The van der Waals surface area contributed by atoms with Crippen LogP contribution in [0.2, 0.25) is 0 Å². The molecular formula is C18H21FN2O2. The Hall–Kier alpha value is -2.30. The first-order chi connectivity index (χ1) is 11.2. The molecule has 1 aromatic heterocycles. The van der Waals surface area contributed by atoms with E-state index >= 15 is 0 Å². The molecule has 3 rings (SSSR count). The second-order valence-corrected chi connectivity index (χ2v) is 5.78. The van der Waals surface area contributed by atoms with Gasteiger partial charge in [-0.2, -0.15) is 0 Å². The molecule has 1 amide bonds. The summed E-state index contributed by atoms with van der Waals surface area (Å²) in [6.07, 6.45) is 4.17. The highest BCUT2D eigenvalue weighted by atomic mass is 19.1. The molecule has 0 bridgehead atoms. The van der Waals surface area contributed by atoms with Crippen LogP contribution in [0.15, 0.2) is 34.7 Å². The smallest absolute Gasteiger partial charge is 0.291 e. The average molecular weight is 316 g/mol. The van der Waals surface area contributed by atoms with Gasteiger partial charge in [0.15, 0.2) is 5.76 Å². The van der Waals surface area contributed by atoms with Crippen molar-refractivity contribution in [2.45, 2.75) is 32.6 Å². The molecule has 1 aromatic carbocycles. The van der Waals surface area contributed by atoms with Crippen LogP contribution in [-0.4, -0.2) is 19.0 Å². The number of anilines is 2. The number of nitrogens with one attached hydrogen (secondary N) is 1. The number of furan rings is 1. The summed E-state index contributed by atoms with van der Waals surface area (Å²) < 4.78 is 19.1. The molecule has 122 valence electrons. The summed E-state index contributed by atoms with van der Waals surface area (Å²) in [5.41, 5.74) is 1.35. The Balaban J connectivity index is 1.83. The predicted molar refractivity (Wildman–Crippen MR) is 88.5 cm³/mol. The zero-order valence-corrected chi connectivity index (χ0v) is 13.3. The van der Waals surface area contributed by atoms with Crippen LogP contribution in [0.4, 0.5) is 15.8 Å². The van der Waals surface area contributed by atoms with Gasteiger partial charge in [-0.3, -0.25) is 4.79 Å². The lowest BCUT2D eigenvalue weighted by molar-refractivity contribution is 0.0995. The lowest BCUT2D eigenvalue weighted by Gasteiger charge is -2.30. The van der Waals surface area contributed by atoms with Crippen molar-refractivity contribution in [2.75, 3.05) is 23.3 Å². The fourth-order valence-corrected chi connectivity index (χ4v) is 2.89. The van der Waals surface area contributed by atoms with Gasteiger partial charge in [-0.25, -0.2) is 4.39 Å². The highest BCUT2D eigenvalue weighted by molar-refractivity contribution is 6.04. The van der Waals surface area contributed by atoms with Gasteiger partial charge in [-0.1, -0.05) is 6.92 Å². The molecule has 0 unspecified atom stereocenters. The molecule has 4 nitrogen and oxygen atoms in total. The number of carbonyl (C=O) groups excluding carboxylic acids is 1. The standard InChI is InChI=1S/C18H21FN2O2/c1-2-14-7-9-17(23-14)18(22)20-15-12-13(19)6-8-16(15)21-10-4-3-5-11-21/h6-9,12H,2-5,10-11H2,1H3,(H,20,22). The molecule has 23 heavy (non-hydrogen) atoms. The molecular weight excluding hydrogens is 295 g/mol. The molecule has 2 aromatic rings. The number of benzene rings is 1. The SMILES string of the molecule is CCc1ccc(C(=O)Nc2cc(F)ccc2N2CCCCC2)o1. The Morgan fingerprint density at radius 3 is 2.70 bits per heavy atom. The van der Waals surface area contributed by atoms with Crippen LogP contribution in [0.25, 0.3) is 0 Å². The zero-order valence-electron chi connectivity index (χ0n) is 13.3. The molecule has 0 saturated carbocycles. The first kappa shape index (κ1) is 15.6. The van der Waals surface area contributed by atoms with Crippen molar-refractivity contribution < 1.29 is 13.6 Å². The third kappa shape index (κ3) is 3.55. The van der Waals surface area contributed by atoms with E-state index < -0.39 is 0 Å². The highest BCUT2D eigenvalue weighted by Crippen LogP contribution is 2.29. The number of halogens is 1. The maximum absolute atomic E-state index is 13.6. The maximum Gasteiger partial charge on any atom is 0.291 e. The van der Waals surface area contributed by atoms with Crippen molar-refractivity contribution in [1.29, 1.82) is 0 Å². The van der Waals surface area contributed by atoms with Crippen LogP contribution in [0.1, 0.15) is 42.5 Å². The minimum absolute atomic E-state index is 0.246. The van der Waals surface area contributed by atoms with Gasteiger partial charge in [0.2, 0.25) is 0 Å². The molecule has 1 aliphatic heterocycles. The van der Waals surface area contributed by atoms with Gasteiger partial charge in [0.25, 0.3) is 5.91 Å². The van der Waals surface area contributed by atoms with Crippen LogP contribution >= 0.6 is 0 Å². The number of nitrogens with zero attached hydrogens (tertiary/aromatic N) is 1. The monoisotopic (exact) mass is 316 g/mol. The van der Waals surface area contributed by atoms with E-state index in [2.05, 4.69) is 10.2 Å². The second kappa shape index (κ2) is 6.86. The van der Waals surface area contributed by atoms with Crippen molar-refractivity contribution in [3.05, 3.63) is 47.7 Å². The minimum atomic E-state index is -0.366. The topological polar surface area (TPSA) is 45.5 Å². The summed E-state index contributed by atoms with van der Waals surface area (Å²) in [4.78, 5) is 14.5. The third-order valence-corrected chi connectivity index (χ3v) is 4.14. The number of hydrogen-bond acceptors (Lipinski definition) is 3. The number of carbonyl (C=O) groups is 1. The lowest BCUT2D eigenvalue weighted by Crippen LogP contribution is -2.30. The van der Waals surface area contributed by atoms with Crippen molar-refractivity contribution in [1.82, 2.24) is 0 Å². The lowest BCUT2D eigenvalue weighted by atomic mass is 10.1. The maximum atomic E-state index is 13.6. The summed E-state index contributed by atoms with van der Waals surface area (Å²) in [5.74, 6) is 0.282. The fourth-order valence-electron chi connectivity index (χ4n) is 2.89. The van der Waals surface area contributed by atoms with Crippen LogP contribution in [0.5, 0.6) is 0 Å². The molecule has 0 aliphatic carbocycles. The normalized spacial score (nSPS) is 14.8. The van der Waals surface area contributed by atoms with E-state index in [-0.39, 0.29) is 17.5 Å². The van der Waals surface area contributed by atoms with Gasteiger partial charge in [-0.05, 0) is 49.6 Å². The molecule has 5 heteroatoms. The summed E-state index contributed by atoms with van der Waals surface area (Å²) in [7, 11) is 0. The largest absolute Gasteiger partial charge is 0.456 e. The van der Waals surface area contributed by atoms with E-state index in [1.807, 2.05) is 6.92 Å². The van der Waals surface area contributed by atoms with E-state index in [0.717, 1.165) is 43.8 Å². The van der Waals surface area contributed by atoms with Gasteiger partial charge in [0.05, 0.1) is 11.4 Å². The molecule has 1 N–H and O–H groups in total. The van der Waals surface area contributed by atoms with Crippen LogP contribution in [-0.2, 0) is 6.42 Å². The minimum Gasteiger partial charge on any atom is -0.456 e. The fraction of sp³-hybridized carbons (Fsp3) is 0.389. The summed E-state index contributed by atoms with van der Waals surface area (Å²) in [6, 6.07) is 7.96. The zero-order chi connectivity index (χ0) is 16.2. The Labute approximate surface area is 135 Å². The van der Waals surface area contributed by atoms with Crippen molar-refractivity contribution in [3.8, 4) is 0 Å². The molecule has 0 spiro atoms. The summed E-state index contributed by atoms with van der Waals surface area (Å²) >= 11 is 0. The van der Waals surface area contributed by atoms with Gasteiger partial charge in [-0.15, -0.1) is 0 Å². The Bertz CT molecular complexity index is 690. The van der Waals surface area contributed by atoms with Crippen molar-refractivity contribution >= 4 is 17.3 Å². The van der Waals surface area contributed by atoms with Crippen molar-refractivity contribution in [3.63, 3.8) is 0 Å². The predicted octanol–water partition coefficient (Wildman–Crippen LogP) is 4.22. The molecule has 2 heterocycles. The number of aryl methyl sites for hydroxylation is 1. The van der Waals surface area contributed by atoms with Crippen LogP contribution < -0.4 is 10.2 Å². The Morgan fingerprint density at radius 1 is 1.22 bits per heavy atom. The van der Waals surface area contributed by atoms with E-state index in [0.29, 0.717) is 5.69 Å². The second-order valence-electron chi connectivity index (χ2n) is 5.78. The number of hydrogen-bond donors (Lipinski definition) is 1. The van der Waals surface area contributed by atoms with Gasteiger partial charge >= 0.3 is 0 Å². The van der Waals surface area contributed by atoms with Crippen molar-refractivity contribution in [2.24, 2.45) is 0 Å². The van der Waals surface area contributed by atoms with Gasteiger partial charge in [0.1, 0.15) is 11.6 Å². The number of piperidine rings is 1. The summed E-state index contributed by atoms with van der Waals surface area (Å²) in [5, 5.41) is 2.79. The first-order valence-corrected chi connectivity index (χ1v) is 8.12. The first-order valence-electron chi connectivity index (χ1n) is 8.12. The van der Waals surface area contributed by atoms with E-state index in [1.54, 1.807) is 18.2 Å². The van der Waals surface area contributed by atoms with Crippen LogP contribution in [0, 0.1) is 5.82 Å². The third-order valence-electron chi connectivity index (χ3n) is 4.14. The van der Waals surface area contributed by atoms with E-state index in [4.69, 9.17) is 4.42 Å². The number of rotatable bonds is 4. The molecule has 1 saturated heterocycles. The molecule has 0 atom stereocenters. The Morgan fingerprint density at radius 2 is 2.00 bits per heavy atom. The average Bonchev–Trinajstić information content (AvgIpc) is 3.05. The van der Waals surface area contributed by atoms with E-state index in [9.17, 15) is 9.18 Å². The molecule has 1 fully saturated rings. The van der Waals surface area contributed by atoms with Gasteiger partial charge in [0, 0.05) is 19.5 Å². The quantitative estimate of drug-likeness (QED) is 0.918. The van der Waals surface area contributed by atoms with Crippen LogP contribution in [0.3, 0.4) is 0 Å².